The summed E-state index contributed by atoms with van der Waals surface area (Å²) >= 11 is 0. The lowest BCUT2D eigenvalue weighted by atomic mass is 9.73. The molecule has 3 N–H and O–H groups in total. The number of carbonyl (C=O) groups is 1. The quantitative estimate of drug-likeness (QED) is 0.276. The number of amides is 1. The van der Waals surface area contributed by atoms with Crippen molar-refractivity contribution in [1.29, 1.82) is 0 Å². The molecule has 0 radical (unpaired) electrons. The molecule has 10 nitrogen and oxygen atoms in total. The Balaban J connectivity index is 1.37. The van der Waals surface area contributed by atoms with Crippen LogP contribution in [-0.4, -0.2) is 57.2 Å². The van der Waals surface area contributed by atoms with Crippen LogP contribution in [0.15, 0.2) is 55.1 Å². The lowest BCUT2D eigenvalue weighted by Gasteiger charge is -2.39. The number of benzene rings is 1. The Morgan fingerprint density at radius 3 is 2.57 bits per heavy atom. The highest BCUT2D eigenvalue weighted by molar-refractivity contribution is 6.03. The Morgan fingerprint density at radius 1 is 1.10 bits per heavy atom. The predicted octanol–water partition coefficient (Wildman–Crippen LogP) is 4.51. The molecule has 1 amide bonds. The molecule has 42 heavy (non-hydrogen) atoms. The molecule has 1 saturated carbocycles. The Labute approximate surface area is 240 Å². The second kappa shape index (κ2) is 12.7. The fourth-order valence-corrected chi connectivity index (χ4v) is 5.56. The summed E-state index contributed by atoms with van der Waals surface area (Å²) in [7, 11) is 1.46. The standard InChI is InChI=1S/C29H30F3N7O3/c1-16-11-17(12-23(33)28(16)39-8-7-35-38-39)19-5-6-34-15-25(19)37-29(40)24-4-3-20(30)27(36-24)26-21(31)13-18(14-22(26)32)42-10-9-41-2/h3-8,13-17,23,28H,9-12,33H2,1-2H3,(H,37,40)/t16-,17-,23-,28+/m1/s1. The molecule has 5 rings (SSSR count). The maximum Gasteiger partial charge on any atom is 0.274 e. The van der Waals surface area contributed by atoms with E-state index < -0.39 is 34.6 Å². The van der Waals surface area contributed by atoms with Crippen molar-refractivity contribution in [2.45, 2.75) is 37.8 Å². The summed E-state index contributed by atoms with van der Waals surface area (Å²) in [6.07, 6.45) is 7.96. The molecule has 220 valence electrons. The summed E-state index contributed by atoms with van der Waals surface area (Å²) in [6, 6.07) is 5.52. The van der Waals surface area contributed by atoms with E-state index in [1.807, 2.05) is 6.07 Å². The van der Waals surface area contributed by atoms with Gasteiger partial charge in [-0.15, -0.1) is 5.10 Å². The molecule has 4 aromatic rings. The van der Waals surface area contributed by atoms with Crippen molar-refractivity contribution in [1.82, 2.24) is 25.0 Å². The summed E-state index contributed by atoms with van der Waals surface area (Å²) in [5.41, 5.74) is 6.25. The summed E-state index contributed by atoms with van der Waals surface area (Å²) in [4.78, 5) is 21.4. The molecular weight excluding hydrogens is 551 g/mol. The first-order valence-electron chi connectivity index (χ1n) is 13.4. The van der Waals surface area contributed by atoms with E-state index in [-0.39, 0.29) is 48.6 Å². The molecule has 0 spiro atoms. The summed E-state index contributed by atoms with van der Waals surface area (Å²) in [5, 5.41) is 10.8. The maximum atomic E-state index is 14.9. The third-order valence-corrected chi connectivity index (χ3v) is 7.41. The van der Waals surface area contributed by atoms with Crippen molar-refractivity contribution >= 4 is 11.6 Å². The van der Waals surface area contributed by atoms with Gasteiger partial charge in [-0.2, -0.15) is 0 Å². The SMILES string of the molecule is COCCOc1cc(F)c(-c2nc(C(=O)Nc3cnccc3[C@@H]3C[C@@H](C)[C@H](n4ccnn4)[C@H](N)C3)ccc2F)c(F)c1. The van der Waals surface area contributed by atoms with Crippen molar-refractivity contribution in [3.8, 4) is 17.0 Å². The zero-order valence-electron chi connectivity index (χ0n) is 23.0. The Hall–Kier alpha value is -4.36. The van der Waals surface area contributed by atoms with Gasteiger partial charge in [-0.05, 0) is 48.4 Å². The number of pyridine rings is 2. The van der Waals surface area contributed by atoms with Gasteiger partial charge in [0.15, 0.2) is 0 Å². The molecule has 0 bridgehead atoms. The van der Waals surface area contributed by atoms with Crippen LogP contribution >= 0.6 is 0 Å². The van der Waals surface area contributed by atoms with Crippen LogP contribution < -0.4 is 15.8 Å². The van der Waals surface area contributed by atoms with Crippen molar-refractivity contribution in [2.75, 3.05) is 25.6 Å². The van der Waals surface area contributed by atoms with E-state index in [9.17, 15) is 18.0 Å². The van der Waals surface area contributed by atoms with E-state index in [4.69, 9.17) is 15.2 Å². The van der Waals surface area contributed by atoms with Gasteiger partial charge in [-0.1, -0.05) is 12.1 Å². The van der Waals surface area contributed by atoms with Gasteiger partial charge >= 0.3 is 0 Å². The number of nitrogens with zero attached hydrogens (tertiary/aromatic N) is 5. The predicted molar refractivity (Wildman–Crippen MR) is 147 cm³/mol. The zero-order chi connectivity index (χ0) is 29.8. The van der Waals surface area contributed by atoms with Crippen LogP contribution in [0.5, 0.6) is 5.75 Å². The third kappa shape index (κ3) is 6.11. The molecular formula is C29H30F3N7O3. The number of anilines is 1. The highest BCUT2D eigenvalue weighted by Gasteiger charge is 2.37. The van der Waals surface area contributed by atoms with Gasteiger partial charge in [0, 0.05) is 37.7 Å². The Morgan fingerprint density at radius 2 is 1.88 bits per heavy atom. The third-order valence-electron chi connectivity index (χ3n) is 7.41. The molecule has 1 fully saturated rings. The molecule has 4 atom stereocenters. The number of halogens is 3. The molecule has 1 aliphatic carbocycles. The first-order valence-corrected chi connectivity index (χ1v) is 13.4. The van der Waals surface area contributed by atoms with Gasteiger partial charge in [0.1, 0.15) is 41.2 Å². The largest absolute Gasteiger partial charge is 0.491 e. The van der Waals surface area contributed by atoms with Gasteiger partial charge in [-0.3, -0.25) is 9.78 Å². The van der Waals surface area contributed by atoms with Crippen LogP contribution in [0.3, 0.4) is 0 Å². The number of nitrogens with two attached hydrogens (primary N) is 1. The number of rotatable bonds is 9. The number of methoxy groups -OCH3 is 1. The monoisotopic (exact) mass is 581 g/mol. The topological polar surface area (TPSA) is 130 Å². The number of ether oxygens (including phenoxy) is 2. The first kappa shape index (κ1) is 29.1. The van der Waals surface area contributed by atoms with Gasteiger partial charge < -0.3 is 20.5 Å². The Kier molecular flexibility index (Phi) is 8.78. The van der Waals surface area contributed by atoms with Crippen LogP contribution in [0.25, 0.3) is 11.3 Å². The lowest BCUT2D eigenvalue weighted by Crippen LogP contribution is -2.42. The summed E-state index contributed by atoms with van der Waals surface area (Å²) in [6.45, 7) is 2.38. The van der Waals surface area contributed by atoms with E-state index in [0.717, 1.165) is 36.2 Å². The number of hydrogen-bond donors (Lipinski definition) is 2. The smallest absolute Gasteiger partial charge is 0.274 e. The van der Waals surface area contributed by atoms with Crippen LogP contribution in [0.2, 0.25) is 0 Å². The highest BCUT2D eigenvalue weighted by Crippen LogP contribution is 2.42. The molecule has 3 aromatic heterocycles. The molecule has 13 heteroatoms. The lowest BCUT2D eigenvalue weighted by molar-refractivity contribution is 0.102. The van der Waals surface area contributed by atoms with Crippen molar-refractivity contribution in [2.24, 2.45) is 11.7 Å². The van der Waals surface area contributed by atoms with E-state index in [0.29, 0.717) is 12.1 Å². The van der Waals surface area contributed by atoms with Crippen molar-refractivity contribution < 1.29 is 27.4 Å². The fraction of sp³-hybridized carbons (Fsp3) is 0.345. The zero-order valence-corrected chi connectivity index (χ0v) is 23.0. The molecule has 1 aromatic carbocycles. The van der Waals surface area contributed by atoms with Gasteiger partial charge in [0.05, 0.1) is 36.3 Å². The highest BCUT2D eigenvalue weighted by atomic mass is 19.1. The maximum absolute atomic E-state index is 14.9. The summed E-state index contributed by atoms with van der Waals surface area (Å²) in [5.74, 6) is -3.78. The minimum Gasteiger partial charge on any atom is -0.491 e. The summed E-state index contributed by atoms with van der Waals surface area (Å²) < 4.78 is 56.5. The molecule has 0 saturated heterocycles. The van der Waals surface area contributed by atoms with Gasteiger partial charge in [0.2, 0.25) is 0 Å². The van der Waals surface area contributed by atoms with E-state index in [2.05, 4.69) is 32.5 Å². The van der Waals surface area contributed by atoms with Gasteiger partial charge in [0.25, 0.3) is 5.91 Å². The van der Waals surface area contributed by atoms with E-state index in [1.165, 1.54) is 13.3 Å². The molecule has 0 aliphatic heterocycles. The van der Waals surface area contributed by atoms with E-state index >= 15 is 0 Å². The molecule has 3 heterocycles. The number of hydrogen-bond acceptors (Lipinski definition) is 8. The minimum absolute atomic E-state index is 0.0117. The number of aromatic nitrogens is 5. The van der Waals surface area contributed by atoms with Crippen LogP contribution in [-0.2, 0) is 4.74 Å². The van der Waals surface area contributed by atoms with E-state index in [1.54, 1.807) is 23.3 Å². The van der Waals surface area contributed by atoms with Crippen LogP contribution in [0.1, 0.15) is 47.8 Å². The number of carbonyl (C=O) groups excluding carboxylic acids is 1. The van der Waals surface area contributed by atoms with Crippen molar-refractivity contribution in [3.63, 3.8) is 0 Å². The fourth-order valence-electron chi connectivity index (χ4n) is 5.56. The number of nitrogens with one attached hydrogen (secondary N) is 1. The second-order valence-electron chi connectivity index (χ2n) is 10.2. The average molecular weight is 582 g/mol. The van der Waals surface area contributed by atoms with Crippen molar-refractivity contribution in [3.05, 3.63) is 83.8 Å². The molecule has 1 aliphatic rings. The van der Waals surface area contributed by atoms with Crippen LogP contribution in [0.4, 0.5) is 18.9 Å². The normalized spacial score (nSPS) is 20.3. The Bertz CT molecular complexity index is 1520. The average Bonchev–Trinajstić information content (AvgIpc) is 3.48. The van der Waals surface area contributed by atoms with Gasteiger partial charge in [-0.25, -0.2) is 22.8 Å². The van der Waals surface area contributed by atoms with Crippen LogP contribution in [0, 0.1) is 23.4 Å². The molecule has 0 unspecified atom stereocenters. The minimum atomic E-state index is -1.09. The first-order chi connectivity index (χ1) is 20.3. The second-order valence-corrected chi connectivity index (χ2v) is 10.2.